The highest BCUT2D eigenvalue weighted by Gasteiger charge is 2.14. The summed E-state index contributed by atoms with van der Waals surface area (Å²) in [5.74, 6) is 2.91. The summed E-state index contributed by atoms with van der Waals surface area (Å²) in [6, 6.07) is 5.36. The fourth-order valence-corrected chi connectivity index (χ4v) is 1.68. The van der Waals surface area contributed by atoms with E-state index in [2.05, 4.69) is 25.1 Å². The number of halogens is 1. The van der Waals surface area contributed by atoms with E-state index in [4.69, 9.17) is 6.42 Å². The molecule has 0 aromatic heterocycles. The Labute approximate surface area is 103 Å². The van der Waals surface area contributed by atoms with Crippen LogP contribution in [-0.2, 0) is 0 Å². The zero-order chi connectivity index (χ0) is 13.0. The summed E-state index contributed by atoms with van der Waals surface area (Å²) in [7, 11) is 0. The van der Waals surface area contributed by atoms with Gasteiger partial charge in [-0.05, 0) is 37.0 Å². The molecular formula is C15H20FN. The number of hydrogen-bond donors (Lipinski definition) is 1. The summed E-state index contributed by atoms with van der Waals surface area (Å²) in [6.45, 7) is 7.90. The molecule has 0 aliphatic carbocycles. The van der Waals surface area contributed by atoms with Crippen molar-refractivity contribution in [2.24, 2.45) is 5.92 Å². The van der Waals surface area contributed by atoms with E-state index in [1.54, 1.807) is 19.1 Å². The van der Waals surface area contributed by atoms with Gasteiger partial charge in [-0.25, -0.2) is 4.39 Å². The molecule has 0 bridgehead atoms. The molecule has 0 saturated heterocycles. The highest BCUT2D eigenvalue weighted by molar-refractivity contribution is 5.25. The van der Waals surface area contributed by atoms with Crippen LogP contribution in [-0.4, -0.2) is 6.04 Å². The number of hydrogen-bond acceptors (Lipinski definition) is 1. The Morgan fingerprint density at radius 2 is 1.94 bits per heavy atom. The lowest BCUT2D eigenvalue weighted by atomic mass is 10.0. The van der Waals surface area contributed by atoms with Crippen LogP contribution in [0, 0.1) is 31.0 Å². The molecule has 0 heterocycles. The molecule has 1 N–H and O–H groups in total. The van der Waals surface area contributed by atoms with E-state index >= 15 is 0 Å². The van der Waals surface area contributed by atoms with Crippen molar-refractivity contribution in [3.63, 3.8) is 0 Å². The van der Waals surface area contributed by atoms with Crippen LogP contribution in [0.25, 0.3) is 0 Å². The van der Waals surface area contributed by atoms with Gasteiger partial charge < -0.3 is 0 Å². The summed E-state index contributed by atoms with van der Waals surface area (Å²) < 4.78 is 13.4. The van der Waals surface area contributed by atoms with Gasteiger partial charge in [-0.1, -0.05) is 31.9 Å². The monoisotopic (exact) mass is 233 g/mol. The van der Waals surface area contributed by atoms with Crippen molar-refractivity contribution >= 4 is 0 Å². The molecule has 0 amide bonds. The van der Waals surface area contributed by atoms with E-state index in [9.17, 15) is 4.39 Å². The first-order valence-corrected chi connectivity index (χ1v) is 5.94. The Balaban J connectivity index is 2.79. The smallest absolute Gasteiger partial charge is 0.126 e. The van der Waals surface area contributed by atoms with Crippen LogP contribution in [0.3, 0.4) is 0 Å². The predicted octanol–water partition coefficient (Wildman–Crippen LogP) is 3.44. The third-order valence-corrected chi connectivity index (χ3v) is 2.97. The van der Waals surface area contributed by atoms with Crippen molar-refractivity contribution in [2.45, 2.75) is 39.8 Å². The van der Waals surface area contributed by atoms with Gasteiger partial charge in [-0.2, -0.15) is 0 Å². The average molecular weight is 233 g/mol. The molecule has 0 spiro atoms. The number of nitrogens with one attached hydrogen (secondary N) is 1. The van der Waals surface area contributed by atoms with E-state index in [0.29, 0.717) is 11.5 Å². The molecule has 0 radical (unpaired) electrons. The average Bonchev–Trinajstić information content (AvgIpc) is 2.28. The lowest BCUT2D eigenvalue weighted by molar-refractivity contribution is 0.430. The molecule has 0 saturated carbocycles. The van der Waals surface area contributed by atoms with Crippen molar-refractivity contribution in [3.05, 3.63) is 35.1 Å². The van der Waals surface area contributed by atoms with Gasteiger partial charge in [0.1, 0.15) is 5.82 Å². The van der Waals surface area contributed by atoms with E-state index in [-0.39, 0.29) is 17.9 Å². The molecule has 1 rings (SSSR count). The zero-order valence-electron chi connectivity index (χ0n) is 10.9. The van der Waals surface area contributed by atoms with Crippen LogP contribution in [0.15, 0.2) is 18.2 Å². The van der Waals surface area contributed by atoms with Crippen molar-refractivity contribution in [2.75, 3.05) is 0 Å². The maximum absolute atomic E-state index is 13.4. The van der Waals surface area contributed by atoms with Crippen LogP contribution < -0.4 is 5.32 Å². The fraction of sp³-hybridized carbons (Fsp3) is 0.467. The summed E-state index contributed by atoms with van der Waals surface area (Å²) in [6.07, 6.45) is 5.47. The van der Waals surface area contributed by atoms with Crippen LogP contribution in [0.2, 0.25) is 0 Å². The molecule has 0 aliphatic heterocycles. The van der Waals surface area contributed by atoms with E-state index < -0.39 is 0 Å². The third kappa shape index (κ3) is 3.57. The highest BCUT2D eigenvalue weighted by Crippen LogP contribution is 2.17. The first-order valence-electron chi connectivity index (χ1n) is 5.94. The summed E-state index contributed by atoms with van der Waals surface area (Å²) in [5, 5.41) is 3.33. The molecule has 1 nitrogen and oxygen atoms in total. The van der Waals surface area contributed by atoms with Crippen molar-refractivity contribution in [3.8, 4) is 12.3 Å². The second-order valence-corrected chi connectivity index (χ2v) is 4.79. The van der Waals surface area contributed by atoms with Gasteiger partial charge in [0.2, 0.25) is 0 Å². The molecule has 92 valence electrons. The van der Waals surface area contributed by atoms with Crippen molar-refractivity contribution in [1.82, 2.24) is 5.32 Å². The largest absolute Gasteiger partial charge is 0.297 e. The lowest BCUT2D eigenvalue weighted by Gasteiger charge is -2.22. The third-order valence-electron chi connectivity index (χ3n) is 2.97. The molecule has 0 fully saturated rings. The number of terminal acetylenes is 1. The van der Waals surface area contributed by atoms with E-state index in [1.165, 1.54) is 0 Å². The standard InChI is InChI=1S/C15H20FN/c1-6-15(10(2)3)17-12(5)13-8-7-11(4)14(16)9-13/h1,7-10,12,15,17H,2-5H3. The minimum absolute atomic E-state index is 0.00867. The minimum Gasteiger partial charge on any atom is -0.297 e. The Kier molecular flexibility index (Phi) is 4.72. The molecule has 2 atom stereocenters. The van der Waals surface area contributed by atoms with Crippen molar-refractivity contribution < 1.29 is 4.39 Å². The maximum Gasteiger partial charge on any atom is 0.126 e. The Bertz CT molecular complexity index is 417. The molecule has 0 aliphatic rings. The summed E-state index contributed by atoms with van der Waals surface area (Å²) in [4.78, 5) is 0. The van der Waals surface area contributed by atoms with Crippen LogP contribution in [0.4, 0.5) is 4.39 Å². The first-order chi connectivity index (χ1) is 7.95. The van der Waals surface area contributed by atoms with Gasteiger partial charge >= 0.3 is 0 Å². The van der Waals surface area contributed by atoms with Crippen LogP contribution >= 0.6 is 0 Å². The number of aryl methyl sites for hydroxylation is 1. The van der Waals surface area contributed by atoms with Gasteiger partial charge in [0.25, 0.3) is 0 Å². The fourth-order valence-electron chi connectivity index (χ4n) is 1.68. The van der Waals surface area contributed by atoms with Gasteiger partial charge in [-0.15, -0.1) is 6.42 Å². The minimum atomic E-state index is -0.169. The predicted molar refractivity (Wildman–Crippen MR) is 70.1 cm³/mol. The number of benzene rings is 1. The number of rotatable bonds is 4. The molecule has 17 heavy (non-hydrogen) atoms. The Morgan fingerprint density at radius 3 is 2.41 bits per heavy atom. The van der Waals surface area contributed by atoms with Gasteiger partial charge in [0.05, 0.1) is 6.04 Å². The SMILES string of the molecule is C#CC(NC(C)c1ccc(C)c(F)c1)C(C)C. The molecule has 1 aromatic carbocycles. The van der Waals surface area contributed by atoms with Crippen molar-refractivity contribution in [1.29, 1.82) is 0 Å². The van der Waals surface area contributed by atoms with Gasteiger partial charge in [0.15, 0.2) is 0 Å². The first kappa shape index (κ1) is 13.7. The second kappa shape index (κ2) is 5.84. The van der Waals surface area contributed by atoms with Gasteiger partial charge in [-0.3, -0.25) is 5.32 Å². The Morgan fingerprint density at radius 1 is 1.29 bits per heavy atom. The summed E-state index contributed by atoms with van der Waals surface area (Å²) >= 11 is 0. The second-order valence-electron chi connectivity index (χ2n) is 4.79. The lowest BCUT2D eigenvalue weighted by Crippen LogP contribution is -2.34. The molecule has 1 aromatic rings. The Hall–Kier alpha value is -1.33. The zero-order valence-corrected chi connectivity index (χ0v) is 10.9. The van der Waals surface area contributed by atoms with E-state index in [0.717, 1.165) is 5.56 Å². The van der Waals surface area contributed by atoms with Crippen LogP contribution in [0.1, 0.15) is 37.9 Å². The summed E-state index contributed by atoms with van der Waals surface area (Å²) in [5.41, 5.74) is 1.59. The molecular weight excluding hydrogens is 213 g/mol. The molecule has 2 heteroatoms. The van der Waals surface area contributed by atoms with Crippen LogP contribution in [0.5, 0.6) is 0 Å². The molecule has 2 unspecified atom stereocenters. The quantitative estimate of drug-likeness (QED) is 0.785. The van der Waals surface area contributed by atoms with E-state index in [1.807, 2.05) is 13.0 Å². The highest BCUT2D eigenvalue weighted by atomic mass is 19.1. The maximum atomic E-state index is 13.4. The normalized spacial score (nSPS) is 14.4. The van der Waals surface area contributed by atoms with Gasteiger partial charge in [0, 0.05) is 6.04 Å². The topological polar surface area (TPSA) is 12.0 Å².